The first-order valence-electron chi connectivity index (χ1n) is 24.1. The van der Waals surface area contributed by atoms with Gasteiger partial charge in [0, 0.05) is 59.3 Å². The van der Waals surface area contributed by atoms with Crippen molar-refractivity contribution >= 4 is 61.7 Å². The molecular formula is C62H57GeIrN5O-2. The number of aryl methyl sites for hydroxylation is 1. The first-order valence-corrected chi connectivity index (χ1v) is 31.4. The maximum absolute atomic E-state index is 6.72. The van der Waals surface area contributed by atoms with Crippen molar-refractivity contribution in [3.63, 3.8) is 0 Å². The molecule has 0 spiro atoms. The molecule has 0 bridgehead atoms. The van der Waals surface area contributed by atoms with E-state index in [0.29, 0.717) is 29.1 Å². The summed E-state index contributed by atoms with van der Waals surface area (Å²) in [6.07, 6.45) is 2.06. The average molecular weight is 1150 g/mol. The van der Waals surface area contributed by atoms with Crippen LogP contribution in [0.25, 0.3) is 94.6 Å². The standard InChI is InChI=1S/C45H35N4O.C17H22GeN.Ir/c1-27(2)29(4)38-26-24-36-35-19-12-20-37(43(35)50-45(36)48-38)44-47-39-25-23-32-22-21-28(3)46-40(32)42(39)49(44)41-33(30-13-7-5-8-14-30)17-11-18-34(41)31-15-9-6-10-16-31;1-13(2)14-6-8-15(9-7-14)17-11-10-16(12-19-17)18(3,4)5;/h5-19,21-27,29H,1-4H3;6-8,10-13H,1-5H3;/q2*-1;. The van der Waals surface area contributed by atoms with Gasteiger partial charge in [-0.2, -0.15) is 0 Å². The van der Waals surface area contributed by atoms with Crippen molar-refractivity contribution < 1.29 is 24.5 Å². The van der Waals surface area contributed by atoms with Crippen LogP contribution in [0.5, 0.6) is 0 Å². The van der Waals surface area contributed by atoms with Gasteiger partial charge in [0.1, 0.15) is 0 Å². The van der Waals surface area contributed by atoms with Gasteiger partial charge >= 0.3 is 119 Å². The number of benzene rings is 6. The number of fused-ring (bicyclic) bond motifs is 6. The van der Waals surface area contributed by atoms with E-state index < -0.39 is 13.3 Å². The van der Waals surface area contributed by atoms with Crippen molar-refractivity contribution in [2.75, 3.05) is 0 Å². The molecule has 0 aliphatic heterocycles. The molecule has 0 saturated carbocycles. The minimum absolute atomic E-state index is 0. The van der Waals surface area contributed by atoms with Crippen LogP contribution in [-0.4, -0.2) is 37.8 Å². The molecule has 1 radical (unpaired) electrons. The monoisotopic (exact) mass is 1150 g/mol. The first kappa shape index (κ1) is 48.5. The predicted octanol–water partition coefficient (Wildman–Crippen LogP) is 16.0. The average Bonchev–Trinajstić information content (AvgIpc) is 3.95. The van der Waals surface area contributed by atoms with Gasteiger partial charge in [-0.1, -0.05) is 123 Å². The molecule has 351 valence electrons. The van der Waals surface area contributed by atoms with Crippen molar-refractivity contribution in [3.05, 3.63) is 193 Å². The van der Waals surface area contributed by atoms with Gasteiger partial charge in [-0.05, 0) is 48.2 Å². The van der Waals surface area contributed by atoms with E-state index in [1.807, 2.05) is 13.0 Å². The third-order valence-electron chi connectivity index (χ3n) is 13.5. The van der Waals surface area contributed by atoms with Crippen LogP contribution < -0.4 is 4.40 Å². The number of aromatic nitrogens is 5. The summed E-state index contributed by atoms with van der Waals surface area (Å²) in [5.41, 5.74) is 15.6. The van der Waals surface area contributed by atoms with E-state index in [1.165, 1.54) is 9.96 Å². The molecule has 6 aromatic carbocycles. The van der Waals surface area contributed by atoms with Gasteiger partial charge < -0.3 is 8.98 Å². The van der Waals surface area contributed by atoms with Crippen LogP contribution >= 0.6 is 0 Å². The minimum atomic E-state index is -1.74. The molecule has 5 aromatic heterocycles. The summed E-state index contributed by atoms with van der Waals surface area (Å²) >= 11 is -1.74. The van der Waals surface area contributed by atoms with Crippen molar-refractivity contribution in [2.24, 2.45) is 5.92 Å². The molecule has 0 aliphatic carbocycles. The normalized spacial score (nSPS) is 12.2. The van der Waals surface area contributed by atoms with Crippen LogP contribution in [0.2, 0.25) is 17.3 Å². The number of hydrogen-bond acceptors (Lipinski definition) is 5. The van der Waals surface area contributed by atoms with E-state index in [4.69, 9.17) is 19.4 Å². The second-order valence-electron chi connectivity index (χ2n) is 19.9. The van der Waals surface area contributed by atoms with Crippen LogP contribution in [-0.2, 0) is 20.1 Å². The molecule has 0 fully saturated rings. The van der Waals surface area contributed by atoms with Crippen LogP contribution in [0.15, 0.2) is 168 Å². The zero-order valence-corrected chi connectivity index (χ0v) is 45.8. The zero-order chi connectivity index (χ0) is 48.0. The van der Waals surface area contributed by atoms with E-state index in [0.717, 1.165) is 94.7 Å². The fraction of sp³-hybridized carbons (Fsp3) is 0.194. The fourth-order valence-electron chi connectivity index (χ4n) is 9.06. The second kappa shape index (κ2) is 20.1. The number of para-hydroxylation sites is 1. The summed E-state index contributed by atoms with van der Waals surface area (Å²) in [6, 6.07) is 62.1. The first-order chi connectivity index (χ1) is 33.3. The molecule has 8 heteroatoms. The van der Waals surface area contributed by atoms with Crippen molar-refractivity contribution in [1.29, 1.82) is 0 Å². The van der Waals surface area contributed by atoms with Crippen LogP contribution in [0.4, 0.5) is 0 Å². The summed E-state index contributed by atoms with van der Waals surface area (Å²) in [5, 5.41) is 3.02. The van der Waals surface area contributed by atoms with Gasteiger partial charge in [0.2, 0.25) is 5.71 Å². The summed E-state index contributed by atoms with van der Waals surface area (Å²) in [4.78, 5) is 20.2. The Bertz CT molecular complexity index is 3560. The van der Waals surface area contributed by atoms with Gasteiger partial charge in [0.15, 0.2) is 0 Å². The quantitative estimate of drug-likeness (QED) is 0.106. The third-order valence-corrected chi connectivity index (χ3v) is 17.7. The van der Waals surface area contributed by atoms with Gasteiger partial charge in [-0.15, -0.1) is 18.2 Å². The SMILES string of the molecule is CC(C)c1c[c-]c(-c2cc[c]([Ge]([CH3])([CH3])[CH3])cn2)cc1.Cc1ccc2ccc3nc(-c4[c-]ccc5c4oc4nc(C(C)C(C)C)ccc45)n(-c4c(-c5ccccc5)cccc4-c4ccccc4)c3c2n1.[Ir]. The summed E-state index contributed by atoms with van der Waals surface area (Å²) < 4.78 is 10.5. The van der Waals surface area contributed by atoms with Crippen molar-refractivity contribution in [1.82, 2.24) is 24.5 Å². The Morgan fingerprint density at radius 2 is 1.34 bits per heavy atom. The molecule has 0 aliphatic rings. The maximum Gasteiger partial charge on any atom is 0.216 e. The van der Waals surface area contributed by atoms with E-state index in [9.17, 15) is 0 Å². The second-order valence-corrected chi connectivity index (χ2v) is 30.5. The summed E-state index contributed by atoms with van der Waals surface area (Å²) in [5.74, 6) is 9.22. The smallest absolute Gasteiger partial charge is 0.216 e. The number of furan rings is 1. The Labute approximate surface area is 428 Å². The van der Waals surface area contributed by atoms with E-state index >= 15 is 0 Å². The minimum Gasteiger partial charge on any atom is -0.486 e. The Morgan fingerprint density at radius 1 is 0.643 bits per heavy atom. The van der Waals surface area contributed by atoms with Gasteiger partial charge in [0.05, 0.1) is 33.6 Å². The topological polar surface area (TPSA) is 69.6 Å². The van der Waals surface area contributed by atoms with E-state index in [1.54, 1.807) is 0 Å². The van der Waals surface area contributed by atoms with Crippen molar-refractivity contribution in [3.8, 4) is 50.6 Å². The van der Waals surface area contributed by atoms with Crippen LogP contribution in [0, 0.1) is 25.0 Å². The summed E-state index contributed by atoms with van der Waals surface area (Å²) in [7, 11) is 0. The Hall–Kier alpha value is -6.51. The van der Waals surface area contributed by atoms with Gasteiger partial charge in [0.25, 0.3) is 0 Å². The predicted molar refractivity (Wildman–Crippen MR) is 290 cm³/mol. The fourth-order valence-corrected chi connectivity index (χ4v) is 11.2. The molecule has 1 unspecified atom stereocenters. The number of hydrogen-bond donors (Lipinski definition) is 0. The molecule has 11 aromatic rings. The van der Waals surface area contributed by atoms with Crippen LogP contribution in [0.3, 0.4) is 0 Å². The van der Waals surface area contributed by atoms with Crippen LogP contribution in [0.1, 0.15) is 63.4 Å². The molecule has 0 N–H and O–H groups in total. The Balaban J connectivity index is 0.000000257. The van der Waals surface area contributed by atoms with Crippen molar-refractivity contribution in [2.45, 2.75) is 70.6 Å². The van der Waals surface area contributed by atoms with Gasteiger partial charge in [-0.3, -0.25) is 9.97 Å². The largest absolute Gasteiger partial charge is 0.486 e. The molecule has 5 heterocycles. The maximum atomic E-state index is 6.72. The molecule has 11 rings (SSSR count). The number of pyridine rings is 3. The summed E-state index contributed by atoms with van der Waals surface area (Å²) in [6.45, 7) is 13.1. The molecule has 0 amide bonds. The Morgan fingerprint density at radius 3 is 1.96 bits per heavy atom. The third kappa shape index (κ3) is 9.43. The molecule has 6 nitrogen and oxygen atoms in total. The molecule has 1 atom stereocenters. The zero-order valence-electron chi connectivity index (χ0n) is 41.3. The molecule has 70 heavy (non-hydrogen) atoms. The Kier molecular flexibility index (Phi) is 13.9. The van der Waals surface area contributed by atoms with E-state index in [-0.39, 0.29) is 20.1 Å². The van der Waals surface area contributed by atoms with E-state index in [2.05, 4.69) is 231 Å². The number of imidazole rings is 1. The number of rotatable bonds is 9. The van der Waals surface area contributed by atoms with Gasteiger partial charge in [-0.25, -0.2) is 4.98 Å². The number of nitrogens with zero attached hydrogens (tertiary/aromatic N) is 5. The molecular weight excluding hydrogens is 1100 g/mol. The molecule has 0 saturated heterocycles.